The van der Waals surface area contributed by atoms with Crippen molar-refractivity contribution in [2.24, 2.45) is 0 Å². The number of methoxy groups -OCH3 is 1. The molecule has 0 aromatic heterocycles. The summed E-state index contributed by atoms with van der Waals surface area (Å²) in [6, 6.07) is 7.50. The fraction of sp³-hybridized carbons (Fsp3) is 0.273. The Balaban J connectivity index is 2.82. The third-order valence-corrected chi connectivity index (χ3v) is 1.80. The average molecular weight is 176 g/mol. The highest BCUT2D eigenvalue weighted by atomic mass is 16.5. The molecular weight excluding hydrogens is 164 g/mol. The van der Waals surface area contributed by atoms with Gasteiger partial charge in [0.05, 0.1) is 7.11 Å². The van der Waals surface area contributed by atoms with Gasteiger partial charge >= 0.3 is 0 Å². The van der Waals surface area contributed by atoms with Crippen LogP contribution in [0.15, 0.2) is 24.3 Å². The van der Waals surface area contributed by atoms with Crippen LogP contribution in [0.2, 0.25) is 0 Å². The Morgan fingerprint density at radius 3 is 2.85 bits per heavy atom. The van der Waals surface area contributed by atoms with Gasteiger partial charge in [0, 0.05) is 6.42 Å². The normalized spacial score (nSPS) is 11.8. The van der Waals surface area contributed by atoms with E-state index in [-0.39, 0.29) is 0 Å². The number of benzene rings is 1. The Labute approximate surface area is 78.2 Å². The third kappa shape index (κ3) is 2.50. The van der Waals surface area contributed by atoms with Crippen LogP contribution in [-0.4, -0.2) is 18.3 Å². The zero-order valence-corrected chi connectivity index (χ0v) is 7.53. The molecular formula is C11H12O2. The molecule has 1 aromatic rings. The molecule has 1 N–H and O–H groups in total. The molecule has 0 bridgehead atoms. The number of rotatable bonds is 3. The largest absolute Gasteiger partial charge is 0.496 e. The van der Waals surface area contributed by atoms with Gasteiger partial charge in [0.25, 0.3) is 0 Å². The van der Waals surface area contributed by atoms with Crippen LogP contribution in [0.3, 0.4) is 0 Å². The molecule has 1 aromatic carbocycles. The predicted molar refractivity (Wildman–Crippen MR) is 51.5 cm³/mol. The number of ether oxygens (including phenoxy) is 1. The summed E-state index contributed by atoms with van der Waals surface area (Å²) < 4.78 is 5.11. The molecule has 0 fully saturated rings. The van der Waals surface area contributed by atoms with Crippen LogP contribution in [0.1, 0.15) is 5.56 Å². The van der Waals surface area contributed by atoms with Crippen molar-refractivity contribution in [3.63, 3.8) is 0 Å². The van der Waals surface area contributed by atoms with E-state index in [4.69, 9.17) is 11.2 Å². The maximum atomic E-state index is 9.24. The van der Waals surface area contributed by atoms with E-state index >= 15 is 0 Å². The standard InChI is InChI=1S/C11H12O2/c1-3-10(12)8-9-6-4-5-7-11(9)13-2/h1,4-7,10,12H,8H2,2H3. The molecule has 0 heterocycles. The van der Waals surface area contributed by atoms with Crippen molar-refractivity contribution < 1.29 is 9.84 Å². The van der Waals surface area contributed by atoms with Gasteiger partial charge in [-0.3, -0.25) is 0 Å². The van der Waals surface area contributed by atoms with Crippen LogP contribution in [-0.2, 0) is 6.42 Å². The van der Waals surface area contributed by atoms with Gasteiger partial charge in [-0.2, -0.15) is 0 Å². The summed E-state index contributed by atoms with van der Waals surface area (Å²) in [7, 11) is 1.60. The minimum atomic E-state index is -0.740. The lowest BCUT2D eigenvalue weighted by Crippen LogP contribution is -2.07. The summed E-state index contributed by atoms with van der Waals surface area (Å²) in [6.07, 6.45) is 4.76. The lowest BCUT2D eigenvalue weighted by Gasteiger charge is -2.08. The first-order valence-electron chi connectivity index (χ1n) is 4.04. The second-order valence-corrected chi connectivity index (χ2v) is 2.70. The van der Waals surface area contributed by atoms with E-state index in [9.17, 15) is 5.11 Å². The first-order valence-corrected chi connectivity index (χ1v) is 4.04. The fourth-order valence-corrected chi connectivity index (χ4v) is 1.14. The molecule has 68 valence electrons. The second-order valence-electron chi connectivity index (χ2n) is 2.70. The van der Waals surface area contributed by atoms with Gasteiger partial charge in [0.2, 0.25) is 0 Å². The number of aliphatic hydroxyl groups excluding tert-OH is 1. The van der Waals surface area contributed by atoms with Crippen molar-refractivity contribution in [3.05, 3.63) is 29.8 Å². The average Bonchev–Trinajstić information content (AvgIpc) is 2.18. The fourth-order valence-electron chi connectivity index (χ4n) is 1.14. The zero-order chi connectivity index (χ0) is 9.68. The minimum Gasteiger partial charge on any atom is -0.496 e. The minimum absolute atomic E-state index is 0.431. The first-order chi connectivity index (χ1) is 6.27. The van der Waals surface area contributed by atoms with Gasteiger partial charge in [0.15, 0.2) is 0 Å². The van der Waals surface area contributed by atoms with Crippen LogP contribution in [0.4, 0.5) is 0 Å². The van der Waals surface area contributed by atoms with Gasteiger partial charge in [0.1, 0.15) is 11.9 Å². The van der Waals surface area contributed by atoms with Crippen molar-refractivity contribution in [1.82, 2.24) is 0 Å². The van der Waals surface area contributed by atoms with Crippen molar-refractivity contribution in [3.8, 4) is 18.1 Å². The van der Waals surface area contributed by atoms with E-state index in [1.807, 2.05) is 24.3 Å². The highest BCUT2D eigenvalue weighted by Gasteiger charge is 2.05. The summed E-state index contributed by atoms with van der Waals surface area (Å²) in [5.74, 6) is 3.03. The maximum Gasteiger partial charge on any atom is 0.122 e. The van der Waals surface area contributed by atoms with Gasteiger partial charge in [-0.15, -0.1) is 6.42 Å². The van der Waals surface area contributed by atoms with Crippen molar-refractivity contribution in [2.75, 3.05) is 7.11 Å². The Kier molecular flexibility index (Phi) is 3.36. The topological polar surface area (TPSA) is 29.5 Å². The van der Waals surface area contributed by atoms with Gasteiger partial charge in [-0.05, 0) is 11.6 Å². The molecule has 2 nitrogen and oxygen atoms in total. The quantitative estimate of drug-likeness (QED) is 0.702. The molecule has 0 saturated heterocycles. The Hall–Kier alpha value is -1.46. The van der Waals surface area contributed by atoms with E-state index in [1.54, 1.807) is 7.11 Å². The second kappa shape index (κ2) is 4.54. The lowest BCUT2D eigenvalue weighted by molar-refractivity contribution is 0.232. The van der Waals surface area contributed by atoms with Gasteiger partial charge < -0.3 is 9.84 Å². The third-order valence-electron chi connectivity index (χ3n) is 1.80. The predicted octanol–water partition coefficient (Wildman–Crippen LogP) is 1.23. The van der Waals surface area contributed by atoms with Gasteiger partial charge in [-0.1, -0.05) is 24.1 Å². The highest BCUT2D eigenvalue weighted by Crippen LogP contribution is 2.18. The zero-order valence-electron chi connectivity index (χ0n) is 7.53. The summed E-state index contributed by atoms with van der Waals surface area (Å²) in [4.78, 5) is 0. The number of aliphatic hydroxyl groups is 1. The van der Waals surface area contributed by atoms with Crippen molar-refractivity contribution in [1.29, 1.82) is 0 Å². The molecule has 0 amide bonds. The van der Waals surface area contributed by atoms with Crippen molar-refractivity contribution in [2.45, 2.75) is 12.5 Å². The highest BCUT2D eigenvalue weighted by molar-refractivity contribution is 5.34. The summed E-state index contributed by atoms with van der Waals surface area (Å²) in [5, 5.41) is 9.24. The van der Waals surface area contributed by atoms with Crippen molar-refractivity contribution >= 4 is 0 Å². The van der Waals surface area contributed by atoms with E-state index in [0.717, 1.165) is 11.3 Å². The number of terminal acetylenes is 1. The Bertz CT molecular complexity index is 312. The molecule has 0 aliphatic heterocycles. The van der Waals surface area contributed by atoms with E-state index < -0.39 is 6.10 Å². The molecule has 0 spiro atoms. The van der Waals surface area contributed by atoms with Gasteiger partial charge in [-0.25, -0.2) is 0 Å². The Morgan fingerprint density at radius 1 is 1.54 bits per heavy atom. The van der Waals surface area contributed by atoms with Crippen LogP contribution in [0, 0.1) is 12.3 Å². The maximum absolute atomic E-state index is 9.24. The van der Waals surface area contributed by atoms with Crippen LogP contribution in [0.5, 0.6) is 5.75 Å². The SMILES string of the molecule is C#CC(O)Cc1ccccc1OC. The molecule has 1 unspecified atom stereocenters. The number of para-hydroxylation sites is 1. The number of hydrogen-bond donors (Lipinski definition) is 1. The summed E-state index contributed by atoms with van der Waals surface area (Å²) >= 11 is 0. The van der Waals surface area contributed by atoms with E-state index in [0.29, 0.717) is 6.42 Å². The molecule has 0 saturated carbocycles. The van der Waals surface area contributed by atoms with Crippen LogP contribution < -0.4 is 4.74 Å². The molecule has 0 aliphatic rings. The molecule has 0 radical (unpaired) electrons. The van der Waals surface area contributed by atoms with E-state index in [2.05, 4.69) is 5.92 Å². The molecule has 2 heteroatoms. The summed E-state index contributed by atoms with van der Waals surface area (Å²) in [6.45, 7) is 0. The smallest absolute Gasteiger partial charge is 0.122 e. The number of hydrogen-bond acceptors (Lipinski definition) is 2. The monoisotopic (exact) mass is 176 g/mol. The lowest BCUT2D eigenvalue weighted by atomic mass is 10.1. The molecule has 1 rings (SSSR count). The van der Waals surface area contributed by atoms with Crippen LogP contribution >= 0.6 is 0 Å². The van der Waals surface area contributed by atoms with E-state index in [1.165, 1.54) is 0 Å². The molecule has 13 heavy (non-hydrogen) atoms. The van der Waals surface area contributed by atoms with Crippen LogP contribution in [0.25, 0.3) is 0 Å². The first kappa shape index (κ1) is 9.63. The molecule has 1 atom stereocenters. The summed E-state index contributed by atoms with van der Waals surface area (Å²) in [5.41, 5.74) is 0.926. The molecule has 0 aliphatic carbocycles. The Morgan fingerprint density at radius 2 is 2.23 bits per heavy atom.